The lowest BCUT2D eigenvalue weighted by molar-refractivity contribution is 0.279. The highest BCUT2D eigenvalue weighted by Crippen LogP contribution is 2.28. The van der Waals surface area contributed by atoms with E-state index in [1.165, 1.54) is 0 Å². The summed E-state index contributed by atoms with van der Waals surface area (Å²) in [6.07, 6.45) is 0. The summed E-state index contributed by atoms with van der Waals surface area (Å²) in [6.45, 7) is 0.142. The van der Waals surface area contributed by atoms with Crippen LogP contribution in [0, 0.1) is 5.41 Å². The molecule has 0 atom stereocenters. The molecule has 0 aliphatic heterocycles. The Hall–Kier alpha value is -0.480. The van der Waals surface area contributed by atoms with E-state index in [4.69, 9.17) is 50.1 Å². The summed E-state index contributed by atoms with van der Waals surface area (Å²) < 4.78 is 3.16. The van der Waals surface area contributed by atoms with Gasteiger partial charge in [0.05, 0.1) is 6.61 Å². The van der Waals surface area contributed by atoms with Gasteiger partial charge >= 0.3 is 0 Å². The van der Waals surface area contributed by atoms with Gasteiger partial charge in [0.15, 0.2) is 0 Å². The fraction of sp³-hybridized carbons (Fsp3) is 0.300. The van der Waals surface area contributed by atoms with Crippen LogP contribution < -0.4 is 0 Å². The smallest absolute Gasteiger partial charge is 0.265 e. The van der Waals surface area contributed by atoms with Gasteiger partial charge in [-0.15, -0.1) is 0 Å². The SMILES string of the molecule is N=C(OCc1ccc(CO)cc1)C(Cl)(Cl)Cl. The maximum absolute atomic E-state index is 8.84. The number of hydrogen-bond acceptors (Lipinski definition) is 3. The minimum Gasteiger partial charge on any atom is -0.473 e. The molecule has 0 heterocycles. The summed E-state index contributed by atoms with van der Waals surface area (Å²) in [5.41, 5.74) is 1.64. The first-order valence-corrected chi connectivity index (χ1v) is 5.54. The van der Waals surface area contributed by atoms with Gasteiger partial charge in [0.1, 0.15) is 6.61 Å². The first-order chi connectivity index (χ1) is 7.43. The molecular formula is C10H10Cl3NO2. The number of rotatable bonds is 3. The average Bonchev–Trinajstić information content (AvgIpc) is 2.25. The van der Waals surface area contributed by atoms with Crippen LogP contribution in [0.25, 0.3) is 0 Å². The summed E-state index contributed by atoms with van der Waals surface area (Å²) >= 11 is 16.3. The molecule has 0 bridgehead atoms. The Bertz CT molecular complexity index is 359. The lowest BCUT2D eigenvalue weighted by atomic mass is 10.1. The van der Waals surface area contributed by atoms with E-state index < -0.39 is 9.69 Å². The molecule has 0 saturated heterocycles. The zero-order valence-corrected chi connectivity index (χ0v) is 10.5. The van der Waals surface area contributed by atoms with Gasteiger partial charge in [-0.05, 0) is 11.1 Å². The number of aliphatic hydroxyl groups excluding tert-OH is 1. The van der Waals surface area contributed by atoms with Crippen molar-refractivity contribution in [2.45, 2.75) is 17.0 Å². The number of ether oxygens (including phenoxy) is 1. The van der Waals surface area contributed by atoms with Crippen molar-refractivity contribution in [2.75, 3.05) is 0 Å². The number of alkyl halides is 3. The summed E-state index contributed by atoms with van der Waals surface area (Å²) in [5.74, 6) is -0.413. The van der Waals surface area contributed by atoms with Crippen molar-refractivity contribution < 1.29 is 9.84 Å². The molecule has 0 aliphatic carbocycles. The highest BCUT2D eigenvalue weighted by Gasteiger charge is 2.28. The zero-order valence-electron chi connectivity index (χ0n) is 8.21. The van der Waals surface area contributed by atoms with Crippen LogP contribution in [0.2, 0.25) is 0 Å². The molecule has 2 N–H and O–H groups in total. The van der Waals surface area contributed by atoms with E-state index in [1.807, 2.05) is 0 Å². The van der Waals surface area contributed by atoms with Crippen LogP contribution in [0.1, 0.15) is 11.1 Å². The van der Waals surface area contributed by atoms with E-state index in [9.17, 15) is 0 Å². The Morgan fingerprint density at radius 3 is 2.12 bits per heavy atom. The molecule has 6 heteroatoms. The van der Waals surface area contributed by atoms with Crippen molar-refractivity contribution in [1.29, 1.82) is 5.41 Å². The summed E-state index contributed by atoms with van der Waals surface area (Å²) in [7, 11) is 0. The Balaban J connectivity index is 2.52. The van der Waals surface area contributed by atoms with Crippen molar-refractivity contribution in [3.63, 3.8) is 0 Å². The van der Waals surface area contributed by atoms with Crippen LogP contribution in [-0.4, -0.2) is 14.8 Å². The van der Waals surface area contributed by atoms with Crippen LogP contribution in [0.3, 0.4) is 0 Å². The number of nitrogens with one attached hydrogen (secondary N) is 1. The summed E-state index contributed by atoms with van der Waals surface area (Å²) in [5, 5.41) is 16.1. The van der Waals surface area contributed by atoms with E-state index >= 15 is 0 Å². The number of hydrogen-bond donors (Lipinski definition) is 2. The molecule has 0 fully saturated rings. The highest BCUT2D eigenvalue weighted by molar-refractivity contribution is 6.75. The molecular weight excluding hydrogens is 272 g/mol. The molecule has 0 amide bonds. The molecule has 1 aromatic rings. The molecule has 1 aromatic carbocycles. The molecule has 0 aliphatic rings. The Kier molecular flexibility index (Phi) is 4.87. The summed E-state index contributed by atoms with van der Waals surface area (Å²) in [6, 6.07) is 7.07. The van der Waals surface area contributed by atoms with Gasteiger partial charge < -0.3 is 9.84 Å². The highest BCUT2D eigenvalue weighted by atomic mass is 35.6. The van der Waals surface area contributed by atoms with Crippen molar-refractivity contribution in [3.8, 4) is 0 Å². The maximum Gasteiger partial charge on any atom is 0.265 e. The van der Waals surface area contributed by atoms with Crippen molar-refractivity contribution in [3.05, 3.63) is 35.4 Å². The van der Waals surface area contributed by atoms with Gasteiger partial charge in [-0.1, -0.05) is 59.1 Å². The molecule has 16 heavy (non-hydrogen) atoms. The predicted molar refractivity (Wildman–Crippen MR) is 65.2 cm³/mol. The first-order valence-electron chi connectivity index (χ1n) is 4.40. The Labute approximate surface area is 108 Å². The third-order valence-electron chi connectivity index (χ3n) is 1.85. The minimum atomic E-state index is -1.83. The molecule has 0 radical (unpaired) electrons. The molecule has 0 saturated carbocycles. The quantitative estimate of drug-likeness (QED) is 0.508. The summed E-state index contributed by atoms with van der Waals surface area (Å²) in [4.78, 5) is 0. The monoisotopic (exact) mass is 281 g/mol. The molecule has 0 aromatic heterocycles. The number of benzene rings is 1. The van der Waals surface area contributed by atoms with Gasteiger partial charge in [0.25, 0.3) is 3.79 Å². The average molecular weight is 283 g/mol. The molecule has 1 rings (SSSR count). The van der Waals surface area contributed by atoms with E-state index in [-0.39, 0.29) is 13.2 Å². The van der Waals surface area contributed by atoms with Crippen LogP contribution in [-0.2, 0) is 18.0 Å². The van der Waals surface area contributed by atoms with Crippen molar-refractivity contribution in [1.82, 2.24) is 0 Å². The largest absolute Gasteiger partial charge is 0.473 e. The van der Waals surface area contributed by atoms with Gasteiger partial charge in [-0.25, -0.2) is 0 Å². The fourth-order valence-electron chi connectivity index (χ4n) is 0.978. The van der Waals surface area contributed by atoms with E-state index in [0.29, 0.717) is 0 Å². The first kappa shape index (κ1) is 13.6. The third kappa shape index (κ3) is 4.18. The second-order valence-corrected chi connectivity index (χ2v) is 5.37. The van der Waals surface area contributed by atoms with E-state index in [1.54, 1.807) is 24.3 Å². The Morgan fingerprint density at radius 1 is 1.19 bits per heavy atom. The van der Waals surface area contributed by atoms with Crippen LogP contribution >= 0.6 is 34.8 Å². The van der Waals surface area contributed by atoms with Crippen molar-refractivity contribution in [2.24, 2.45) is 0 Å². The minimum absolute atomic E-state index is 0.00882. The Morgan fingerprint density at radius 2 is 1.69 bits per heavy atom. The molecule has 0 unspecified atom stereocenters. The standard InChI is InChI=1S/C10H10Cl3NO2/c11-10(12,13)9(14)16-6-8-3-1-7(5-15)2-4-8/h1-4,14-15H,5-6H2. The van der Waals surface area contributed by atoms with Crippen LogP contribution in [0.15, 0.2) is 24.3 Å². The van der Waals surface area contributed by atoms with Crippen molar-refractivity contribution >= 4 is 40.7 Å². The molecule has 0 spiro atoms. The second-order valence-electron chi connectivity index (χ2n) is 3.09. The third-order valence-corrected chi connectivity index (χ3v) is 2.36. The van der Waals surface area contributed by atoms with Crippen LogP contribution in [0.4, 0.5) is 0 Å². The van der Waals surface area contributed by atoms with Gasteiger partial charge in [-0.3, -0.25) is 5.41 Å². The fourth-order valence-corrected chi connectivity index (χ4v) is 1.14. The second kappa shape index (κ2) is 5.73. The van der Waals surface area contributed by atoms with Gasteiger partial charge in [0, 0.05) is 0 Å². The zero-order chi connectivity index (χ0) is 12.2. The maximum atomic E-state index is 8.84. The van der Waals surface area contributed by atoms with Gasteiger partial charge in [-0.2, -0.15) is 0 Å². The van der Waals surface area contributed by atoms with Gasteiger partial charge in [0.2, 0.25) is 5.90 Å². The van der Waals surface area contributed by atoms with E-state index in [0.717, 1.165) is 11.1 Å². The molecule has 88 valence electrons. The van der Waals surface area contributed by atoms with E-state index in [2.05, 4.69) is 0 Å². The van der Waals surface area contributed by atoms with Crippen LogP contribution in [0.5, 0.6) is 0 Å². The number of aliphatic hydroxyl groups is 1. The predicted octanol–water partition coefficient (Wildman–Crippen LogP) is 3.04. The molecule has 3 nitrogen and oxygen atoms in total. The normalized spacial score (nSPS) is 11.2. The number of halogens is 3. The lowest BCUT2D eigenvalue weighted by Crippen LogP contribution is -2.20. The lowest BCUT2D eigenvalue weighted by Gasteiger charge is -2.13. The topological polar surface area (TPSA) is 53.3 Å².